The number of benzene rings is 1. The maximum Gasteiger partial charge on any atom is 0.277 e. The lowest BCUT2D eigenvalue weighted by molar-refractivity contribution is 0.0962. The summed E-state index contributed by atoms with van der Waals surface area (Å²) in [6, 6.07) is 6.84. The minimum atomic E-state index is -0.314. The Labute approximate surface area is 130 Å². The topological polar surface area (TPSA) is 88.9 Å². The molecule has 2 aromatic heterocycles. The molecule has 8 heteroatoms. The fraction of sp³-hybridized carbons (Fsp3) is 0.143. The van der Waals surface area contributed by atoms with Gasteiger partial charge < -0.3 is 5.32 Å². The number of nitrogens with zero attached hydrogens (tertiary/aromatic N) is 3. The van der Waals surface area contributed by atoms with Gasteiger partial charge in [-0.15, -0.1) is 0 Å². The van der Waals surface area contributed by atoms with Gasteiger partial charge in [0, 0.05) is 25.9 Å². The van der Waals surface area contributed by atoms with Crippen molar-refractivity contribution < 1.29 is 9.59 Å². The molecule has 0 aliphatic heterocycles. The third-order valence-electron chi connectivity index (χ3n) is 3.04. The molecule has 2 N–H and O–H groups in total. The van der Waals surface area contributed by atoms with Gasteiger partial charge in [-0.05, 0) is 24.3 Å². The number of nitrogens with one attached hydrogen (secondary N) is 2. The monoisotopic (exact) mass is 315 g/mol. The maximum atomic E-state index is 12.0. The van der Waals surface area contributed by atoms with E-state index in [1.165, 1.54) is 11.3 Å². The van der Waals surface area contributed by atoms with E-state index in [1.807, 2.05) is 0 Å². The van der Waals surface area contributed by atoms with Crippen LogP contribution in [0.5, 0.6) is 0 Å². The summed E-state index contributed by atoms with van der Waals surface area (Å²) in [7, 11) is 3.33. The smallest absolute Gasteiger partial charge is 0.277 e. The summed E-state index contributed by atoms with van der Waals surface area (Å²) >= 11 is 1.31. The van der Waals surface area contributed by atoms with Crippen molar-refractivity contribution in [2.45, 2.75) is 0 Å². The van der Waals surface area contributed by atoms with Crippen molar-refractivity contribution in [3.63, 3.8) is 0 Å². The molecule has 0 aliphatic rings. The molecule has 7 nitrogen and oxygen atoms in total. The van der Waals surface area contributed by atoms with Crippen LogP contribution in [0, 0.1) is 0 Å². The zero-order chi connectivity index (χ0) is 15.7. The third kappa shape index (κ3) is 2.68. The van der Waals surface area contributed by atoms with Crippen molar-refractivity contribution in [3.05, 3.63) is 41.7 Å². The summed E-state index contributed by atoms with van der Waals surface area (Å²) < 4.78 is 2.39. The molecule has 22 heavy (non-hydrogen) atoms. The summed E-state index contributed by atoms with van der Waals surface area (Å²) in [4.78, 5) is 28.0. The van der Waals surface area contributed by atoms with Crippen LogP contribution in [0.15, 0.2) is 30.5 Å². The molecular formula is C14H13N5O2S. The Bertz CT molecular complexity index is 867. The molecule has 0 spiro atoms. The molecule has 0 atom stereocenters. The highest BCUT2D eigenvalue weighted by molar-refractivity contribution is 7.22. The van der Waals surface area contributed by atoms with Gasteiger partial charge in [0.2, 0.25) is 0 Å². The molecule has 1 aromatic carbocycles. The first-order valence-electron chi connectivity index (χ1n) is 6.50. The molecule has 112 valence electrons. The van der Waals surface area contributed by atoms with Crippen LogP contribution < -0.4 is 10.6 Å². The molecule has 3 rings (SSSR count). The number of fused-ring (bicyclic) bond motifs is 1. The first-order chi connectivity index (χ1) is 10.6. The van der Waals surface area contributed by atoms with Crippen molar-refractivity contribution in [1.29, 1.82) is 0 Å². The van der Waals surface area contributed by atoms with E-state index in [1.54, 1.807) is 49.2 Å². The lowest BCUT2D eigenvalue weighted by atomic mass is 10.2. The van der Waals surface area contributed by atoms with E-state index in [-0.39, 0.29) is 11.8 Å². The van der Waals surface area contributed by atoms with E-state index < -0.39 is 0 Å². The molecule has 0 aliphatic carbocycles. The zero-order valence-corrected chi connectivity index (χ0v) is 12.8. The molecule has 0 bridgehead atoms. The standard InChI is InChI=1S/C14H13N5O2S/c1-15-12(20)8-3-4-9-11(7-8)22-14(16-9)17-13(21)10-5-6-19(2)18-10/h3-7H,1-2H3,(H,15,20)(H,16,17,21). The highest BCUT2D eigenvalue weighted by Crippen LogP contribution is 2.27. The number of hydrogen-bond donors (Lipinski definition) is 2. The Morgan fingerprint density at radius 3 is 2.73 bits per heavy atom. The minimum absolute atomic E-state index is 0.158. The summed E-state index contributed by atoms with van der Waals surface area (Å²) in [5.74, 6) is -0.472. The molecular weight excluding hydrogens is 302 g/mol. The van der Waals surface area contributed by atoms with Gasteiger partial charge >= 0.3 is 0 Å². The van der Waals surface area contributed by atoms with Crippen molar-refractivity contribution in [3.8, 4) is 0 Å². The van der Waals surface area contributed by atoms with Crippen LogP contribution in [-0.2, 0) is 7.05 Å². The number of anilines is 1. The van der Waals surface area contributed by atoms with Gasteiger partial charge in [-0.2, -0.15) is 5.10 Å². The second-order valence-corrected chi connectivity index (χ2v) is 5.64. The summed E-state index contributed by atoms with van der Waals surface area (Å²) in [5.41, 5.74) is 1.61. The molecule has 3 aromatic rings. The lowest BCUT2D eigenvalue weighted by Gasteiger charge is -1.97. The van der Waals surface area contributed by atoms with Crippen LogP contribution in [0.3, 0.4) is 0 Å². The van der Waals surface area contributed by atoms with Gasteiger partial charge in [0.25, 0.3) is 11.8 Å². The SMILES string of the molecule is CNC(=O)c1ccc2nc(NC(=O)c3ccn(C)n3)sc2c1. The quantitative estimate of drug-likeness (QED) is 0.769. The molecule has 2 amide bonds. The molecule has 0 saturated heterocycles. The number of thiazole rings is 1. The number of hydrogen-bond acceptors (Lipinski definition) is 5. The number of aromatic nitrogens is 3. The van der Waals surface area contributed by atoms with E-state index in [2.05, 4.69) is 20.7 Å². The van der Waals surface area contributed by atoms with Crippen molar-refractivity contribution >= 4 is 38.5 Å². The van der Waals surface area contributed by atoms with Crippen molar-refractivity contribution in [2.24, 2.45) is 7.05 Å². The Morgan fingerprint density at radius 2 is 2.05 bits per heavy atom. The fourth-order valence-corrected chi connectivity index (χ4v) is 2.86. The van der Waals surface area contributed by atoms with Crippen molar-refractivity contribution in [1.82, 2.24) is 20.1 Å². The predicted octanol–water partition coefficient (Wildman–Crippen LogP) is 1.64. The summed E-state index contributed by atoms with van der Waals surface area (Å²) in [6.45, 7) is 0. The largest absolute Gasteiger partial charge is 0.355 e. The Morgan fingerprint density at radius 1 is 1.23 bits per heavy atom. The number of rotatable bonds is 3. The second-order valence-electron chi connectivity index (χ2n) is 4.61. The third-order valence-corrected chi connectivity index (χ3v) is 3.98. The summed E-state index contributed by atoms with van der Waals surface area (Å²) in [6.07, 6.45) is 1.70. The van der Waals surface area contributed by atoms with E-state index in [4.69, 9.17) is 0 Å². The number of carbonyl (C=O) groups excluding carboxylic acids is 2. The van der Waals surface area contributed by atoms with E-state index in [0.29, 0.717) is 16.4 Å². The van der Waals surface area contributed by atoms with Gasteiger partial charge in [0.15, 0.2) is 10.8 Å². The average molecular weight is 315 g/mol. The van der Waals surface area contributed by atoms with Crippen molar-refractivity contribution in [2.75, 3.05) is 12.4 Å². The second kappa shape index (κ2) is 5.57. The number of aryl methyl sites for hydroxylation is 1. The van der Waals surface area contributed by atoms with Crippen LogP contribution in [0.1, 0.15) is 20.8 Å². The molecule has 0 fully saturated rings. The zero-order valence-electron chi connectivity index (χ0n) is 12.0. The summed E-state index contributed by atoms with van der Waals surface area (Å²) in [5, 5.41) is 9.80. The van der Waals surface area contributed by atoms with Gasteiger partial charge in [-0.3, -0.25) is 19.6 Å². The van der Waals surface area contributed by atoms with Crippen LogP contribution in [0.25, 0.3) is 10.2 Å². The average Bonchev–Trinajstić information content (AvgIpc) is 3.11. The Balaban J connectivity index is 1.85. The Hall–Kier alpha value is -2.74. The van der Waals surface area contributed by atoms with Gasteiger partial charge in [-0.25, -0.2) is 4.98 Å². The normalized spacial score (nSPS) is 10.6. The molecule has 0 saturated carbocycles. The fourth-order valence-electron chi connectivity index (χ4n) is 1.96. The van der Waals surface area contributed by atoms with Crippen LogP contribution in [-0.4, -0.2) is 33.6 Å². The number of carbonyl (C=O) groups is 2. The Kier molecular flexibility index (Phi) is 3.60. The van der Waals surface area contributed by atoms with E-state index in [0.717, 1.165) is 10.2 Å². The first kappa shape index (κ1) is 14.2. The molecule has 0 radical (unpaired) electrons. The minimum Gasteiger partial charge on any atom is -0.355 e. The maximum absolute atomic E-state index is 12.0. The molecule has 2 heterocycles. The van der Waals surface area contributed by atoms with Crippen LogP contribution in [0.2, 0.25) is 0 Å². The van der Waals surface area contributed by atoms with Gasteiger partial charge in [0.1, 0.15) is 0 Å². The van der Waals surface area contributed by atoms with Gasteiger partial charge in [-0.1, -0.05) is 11.3 Å². The number of amides is 2. The van der Waals surface area contributed by atoms with E-state index >= 15 is 0 Å². The van der Waals surface area contributed by atoms with E-state index in [9.17, 15) is 9.59 Å². The predicted molar refractivity (Wildman–Crippen MR) is 84.2 cm³/mol. The highest BCUT2D eigenvalue weighted by atomic mass is 32.1. The van der Waals surface area contributed by atoms with Gasteiger partial charge in [0.05, 0.1) is 10.2 Å². The molecule has 0 unspecified atom stereocenters. The lowest BCUT2D eigenvalue weighted by Crippen LogP contribution is -2.17. The van der Waals surface area contributed by atoms with Crippen LogP contribution >= 0.6 is 11.3 Å². The van der Waals surface area contributed by atoms with Crippen LogP contribution in [0.4, 0.5) is 5.13 Å². The first-order valence-corrected chi connectivity index (χ1v) is 7.32. The highest BCUT2D eigenvalue weighted by Gasteiger charge is 2.13.